The highest BCUT2D eigenvalue weighted by Crippen LogP contribution is 2.31. The van der Waals surface area contributed by atoms with Gasteiger partial charge in [-0.25, -0.2) is 14.8 Å². The first-order valence-electron chi connectivity index (χ1n) is 6.04. The Balaban J connectivity index is 1.94. The summed E-state index contributed by atoms with van der Waals surface area (Å²) < 4.78 is 2.99. The van der Waals surface area contributed by atoms with Crippen molar-refractivity contribution in [1.29, 1.82) is 0 Å². The van der Waals surface area contributed by atoms with Gasteiger partial charge in [0, 0.05) is 18.9 Å². The van der Waals surface area contributed by atoms with Gasteiger partial charge < -0.3 is 5.32 Å². The van der Waals surface area contributed by atoms with Crippen LogP contribution in [0.1, 0.15) is 6.92 Å². The van der Waals surface area contributed by atoms with Gasteiger partial charge in [0.1, 0.15) is 5.65 Å². The molecule has 4 heterocycles. The first-order chi connectivity index (χ1) is 9.24. The number of hydrogen-bond acceptors (Lipinski definition) is 4. The summed E-state index contributed by atoms with van der Waals surface area (Å²) in [4.78, 5) is 22.4. The fraction of sp³-hybridized carbons (Fsp3) is 0.250. The topological polar surface area (TPSA) is 62.5 Å². The van der Waals surface area contributed by atoms with Gasteiger partial charge in [0.2, 0.25) is 0 Å². The second kappa shape index (κ2) is 3.67. The van der Waals surface area contributed by atoms with E-state index in [1.54, 1.807) is 11.1 Å². The molecule has 0 radical (unpaired) electrons. The number of thiazole rings is 1. The smallest absolute Gasteiger partial charge is 0.324 e. The van der Waals surface area contributed by atoms with E-state index in [1.807, 2.05) is 29.7 Å². The fourth-order valence-corrected chi connectivity index (χ4v) is 3.41. The molecule has 1 atom stereocenters. The van der Waals surface area contributed by atoms with Crippen molar-refractivity contribution in [2.45, 2.75) is 13.0 Å². The zero-order valence-electron chi connectivity index (χ0n) is 10.2. The standard InChI is InChI=1S/C12H11N5OS/c1-7-6-14-11(18)17(7)12-15-10-8(19-12)2-3-9-13-4-5-16(9)10/h2-5,7H,6H2,1H3,(H,14,18). The van der Waals surface area contributed by atoms with Crippen LogP contribution in [0.5, 0.6) is 0 Å². The van der Waals surface area contributed by atoms with E-state index in [4.69, 9.17) is 0 Å². The van der Waals surface area contributed by atoms with Crippen molar-refractivity contribution >= 4 is 38.5 Å². The number of anilines is 1. The Labute approximate surface area is 112 Å². The number of hydrogen-bond donors (Lipinski definition) is 1. The zero-order chi connectivity index (χ0) is 13.0. The van der Waals surface area contributed by atoms with Crippen LogP contribution in [-0.4, -0.2) is 33.0 Å². The molecule has 96 valence electrons. The van der Waals surface area contributed by atoms with Crippen LogP contribution in [0.4, 0.5) is 9.93 Å². The number of nitrogens with one attached hydrogen (secondary N) is 1. The van der Waals surface area contributed by atoms with Crippen molar-refractivity contribution in [2.24, 2.45) is 0 Å². The number of nitrogens with zero attached hydrogens (tertiary/aromatic N) is 4. The summed E-state index contributed by atoms with van der Waals surface area (Å²) >= 11 is 1.53. The zero-order valence-corrected chi connectivity index (χ0v) is 11.0. The summed E-state index contributed by atoms with van der Waals surface area (Å²) in [6.45, 7) is 2.67. The quantitative estimate of drug-likeness (QED) is 0.736. The molecule has 0 spiro atoms. The number of fused-ring (bicyclic) bond motifs is 3. The molecule has 7 heteroatoms. The molecule has 1 fully saturated rings. The number of aromatic nitrogens is 3. The second-order valence-electron chi connectivity index (χ2n) is 4.58. The molecule has 0 aliphatic carbocycles. The molecule has 19 heavy (non-hydrogen) atoms. The third-order valence-electron chi connectivity index (χ3n) is 3.32. The number of carbonyl (C=O) groups excluding carboxylic acids is 1. The predicted octanol–water partition coefficient (Wildman–Crippen LogP) is 1.86. The molecule has 1 unspecified atom stereocenters. The lowest BCUT2D eigenvalue weighted by Gasteiger charge is -2.15. The highest BCUT2D eigenvalue weighted by atomic mass is 32.1. The van der Waals surface area contributed by atoms with Crippen molar-refractivity contribution < 1.29 is 4.79 Å². The van der Waals surface area contributed by atoms with E-state index in [2.05, 4.69) is 15.3 Å². The Morgan fingerprint density at radius 2 is 2.37 bits per heavy atom. The Hall–Kier alpha value is -2.15. The molecule has 1 aliphatic rings. The summed E-state index contributed by atoms with van der Waals surface area (Å²) in [5.74, 6) is 0. The van der Waals surface area contributed by atoms with Gasteiger partial charge in [-0.3, -0.25) is 9.30 Å². The van der Waals surface area contributed by atoms with E-state index < -0.39 is 0 Å². The van der Waals surface area contributed by atoms with E-state index in [0.29, 0.717) is 6.54 Å². The van der Waals surface area contributed by atoms with Crippen molar-refractivity contribution in [3.8, 4) is 0 Å². The molecule has 0 aromatic carbocycles. The summed E-state index contributed by atoms with van der Waals surface area (Å²) in [5, 5.41) is 3.56. The maximum absolute atomic E-state index is 11.8. The van der Waals surface area contributed by atoms with Crippen LogP contribution in [0.15, 0.2) is 24.5 Å². The monoisotopic (exact) mass is 273 g/mol. The van der Waals surface area contributed by atoms with Crippen LogP contribution >= 0.6 is 11.3 Å². The number of amides is 2. The largest absolute Gasteiger partial charge is 0.336 e. The normalized spacial score (nSPS) is 19.5. The van der Waals surface area contributed by atoms with Crippen molar-refractivity contribution in [3.05, 3.63) is 24.5 Å². The van der Waals surface area contributed by atoms with Gasteiger partial charge in [0.05, 0.1) is 10.7 Å². The molecule has 1 N–H and O–H groups in total. The first-order valence-corrected chi connectivity index (χ1v) is 6.85. The maximum Gasteiger partial charge on any atom is 0.324 e. The molecule has 4 rings (SSSR count). The Morgan fingerprint density at radius 1 is 1.47 bits per heavy atom. The minimum atomic E-state index is -0.0755. The molecule has 1 aliphatic heterocycles. The predicted molar refractivity (Wildman–Crippen MR) is 73.7 cm³/mol. The van der Waals surface area contributed by atoms with E-state index in [-0.39, 0.29) is 12.1 Å². The molecule has 3 aromatic heterocycles. The lowest BCUT2D eigenvalue weighted by Crippen LogP contribution is -2.32. The van der Waals surface area contributed by atoms with Crippen LogP contribution in [-0.2, 0) is 0 Å². The number of urea groups is 1. The first kappa shape index (κ1) is 10.7. The molecular weight excluding hydrogens is 262 g/mol. The molecule has 3 aromatic rings. The third-order valence-corrected chi connectivity index (χ3v) is 4.33. The molecule has 0 saturated carbocycles. The van der Waals surface area contributed by atoms with Crippen molar-refractivity contribution in [3.63, 3.8) is 0 Å². The van der Waals surface area contributed by atoms with Crippen LogP contribution in [0.3, 0.4) is 0 Å². The van der Waals surface area contributed by atoms with E-state index in [0.717, 1.165) is 21.1 Å². The molecule has 1 saturated heterocycles. The minimum Gasteiger partial charge on any atom is -0.336 e. The Morgan fingerprint density at radius 3 is 3.16 bits per heavy atom. The Bertz CT molecular complexity index is 792. The molecule has 0 bridgehead atoms. The second-order valence-corrected chi connectivity index (χ2v) is 5.59. The average molecular weight is 273 g/mol. The fourth-order valence-electron chi connectivity index (χ4n) is 2.35. The molecule has 2 amide bonds. The Kier molecular flexibility index (Phi) is 2.08. The van der Waals surface area contributed by atoms with Crippen LogP contribution in [0, 0.1) is 0 Å². The molecule has 6 nitrogen and oxygen atoms in total. The van der Waals surface area contributed by atoms with Gasteiger partial charge >= 0.3 is 6.03 Å². The highest BCUT2D eigenvalue weighted by Gasteiger charge is 2.31. The van der Waals surface area contributed by atoms with Gasteiger partial charge in [0.25, 0.3) is 0 Å². The van der Waals surface area contributed by atoms with Gasteiger partial charge in [-0.2, -0.15) is 0 Å². The summed E-state index contributed by atoms with van der Waals surface area (Å²) in [5.41, 5.74) is 1.71. The van der Waals surface area contributed by atoms with Crippen molar-refractivity contribution in [2.75, 3.05) is 11.4 Å². The SMILES string of the molecule is CC1CNC(=O)N1c1nc2c(ccc3nccn32)s1. The number of pyridine rings is 1. The van der Waals surface area contributed by atoms with Crippen molar-refractivity contribution in [1.82, 2.24) is 19.7 Å². The lowest BCUT2D eigenvalue weighted by atomic mass is 10.3. The minimum absolute atomic E-state index is 0.0755. The summed E-state index contributed by atoms with van der Waals surface area (Å²) in [6, 6.07) is 4.01. The third kappa shape index (κ3) is 1.45. The summed E-state index contributed by atoms with van der Waals surface area (Å²) in [6.07, 6.45) is 3.63. The number of imidazole rings is 1. The number of rotatable bonds is 1. The molecular formula is C12H11N5OS. The van der Waals surface area contributed by atoms with E-state index in [9.17, 15) is 4.79 Å². The lowest BCUT2D eigenvalue weighted by molar-refractivity contribution is 0.252. The van der Waals surface area contributed by atoms with E-state index >= 15 is 0 Å². The number of carbonyl (C=O) groups is 1. The van der Waals surface area contributed by atoms with Crippen LogP contribution in [0.2, 0.25) is 0 Å². The van der Waals surface area contributed by atoms with Crippen LogP contribution in [0.25, 0.3) is 16.0 Å². The van der Waals surface area contributed by atoms with Gasteiger partial charge in [-0.1, -0.05) is 11.3 Å². The van der Waals surface area contributed by atoms with Crippen LogP contribution < -0.4 is 10.2 Å². The van der Waals surface area contributed by atoms with Gasteiger partial charge in [0.15, 0.2) is 10.8 Å². The average Bonchev–Trinajstić information content (AvgIpc) is 3.06. The van der Waals surface area contributed by atoms with Gasteiger partial charge in [-0.15, -0.1) is 0 Å². The highest BCUT2D eigenvalue weighted by molar-refractivity contribution is 7.22. The van der Waals surface area contributed by atoms with E-state index in [1.165, 1.54) is 11.3 Å². The van der Waals surface area contributed by atoms with Gasteiger partial charge in [-0.05, 0) is 19.1 Å². The summed E-state index contributed by atoms with van der Waals surface area (Å²) in [7, 11) is 0. The maximum atomic E-state index is 11.8.